The molecule has 0 unspecified atom stereocenters. The SMILES string of the molecule is O=C(CN1C(=O)c2ccc(Br)cc2C1=O)NC1CCCCC1. The normalized spacial score (nSPS) is 18.5. The number of amides is 3. The number of carbonyl (C=O) groups is 3. The monoisotopic (exact) mass is 364 g/mol. The maximum Gasteiger partial charge on any atom is 0.262 e. The lowest BCUT2D eigenvalue weighted by molar-refractivity contribution is -0.122. The zero-order chi connectivity index (χ0) is 15.7. The summed E-state index contributed by atoms with van der Waals surface area (Å²) in [5.74, 6) is -1.06. The largest absolute Gasteiger partial charge is 0.352 e. The minimum Gasteiger partial charge on any atom is -0.352 e. The molecule has 22 heavy (non-hydrogen) atoms. The van der Waals surface area contributed by atoms with Gasteiger partial charge in [0.25, 0.3) is 11.8 Å². The van der Waals surface area contributed by atoms with Gasteiger partial charge < -0.3 is 5.32 Å². The van der Waals surface area contributed by atoms with E-state index in [1.165, 1.54) is 6.42 Å². The van der Waals surface area contributed by atoms with Crippen LogP contribution in [0.1, 0.15) is 52.8 Å². The third kappa shape index (κ3) is 2.92. The van der Waals surface area contributed by atoms with E-state index in [0.29, 0.717) is 11.1 Å². The highest BCUT2D eigenvalue weighted by molar-refractivity contribution is 9.10. The number of nitrogens with one attached hydrogen (secondary N) is 1. The van der Waals surface area contributed by atoms with E-state index in [-0.39, 0.29) is 18.5 Å². The molecule has 1 aliphatic carbocycles. The van der Waals surface area contributed by atoms with Crippen LogP contribution in [0.2, 0.25) is 0 Å². The van der Waals surface area contributed by atoms with Gasteiger partial charge in [-0.15, -0.1) is 0 Å². The maximum atomic E-state index is 12.3. The molecule has 0 saturated heterocycles. The fraction of sp³-hybridized carbons (Fsp3) is 0.438. The number of rotatable bonds is 3. The number of halogens is 1. The molecule has 116 valence electrons. The number of hydrogen-bond acceptors (Lipinski definition) is 3. The van der Waals surface area contributed by atoms with E-state index in [1.807, 2.05) is 0 Å². The fourth-order valence-corrected chi connectivity index (χ4v) is 3.43. The summed E-state index contributed by atoms with van der Waals surface area (Å²) in [6.45, 7) is -0.208. The first-order valence-corrected chi connectivity index (χ1v) is 8.30. The highest BCUT2D eigenvalue weighted by Gasteiger charge is 2.36. The second kappa shape index (κ2) is 6.20. The van der Waals surface area contributed by atoms with Crippen LogP contribution in [0.3, 0.4) is 0 Å². The van der Waals surface area contributed by atoms with Crippen LogP contribution in [-0.4, -0.2) is 35.2 Å². The summed E-state index contributed by atoms with van der Waals surface area (Å²) < 4.78 is 0.737. The van der Waals surface area contributed by atoms with Crippen molar-refractivity contribution in [1.29, 1.82) is 0 Å². The zero-order valence-electron chi connectivity index (χ0n) is 12.1. The van der Waals surface area contributed by atoms with Crippen molar-refractivity contribution >= 4 is 33.7 Å². The van der Waals surface area contributed by atoms with Crippen molar-refractivity contribution in [3.63, 3.8) is 0 Å². The minimum absolute atomic E-state index is 0.172. The molecule has 1 aliphatic heterocycles. The Hall–Kier alpha value is -1.69. The second-order valence-corrected chi connectivity index (χ2v) is 6.70. The smallest absolute Gasteiger partial charge is 0.262 e. The van der Waals surface area contributed by atoms with Crippen molar-refractivity contribution in [1.82, 2.24) is 10.2 Å². The summed E-state index contributed by atoms with van der Waals surface area (Å²) in [5, 5.41) is 2.93. The molecule has 5 nitrogen and oxygen atoms in total. The van der Waals surface area contributed by atoms with Crippen LogP contribution >= 0.6 is 15.9 Å². The van der Waals surface area contributed by atoms with E-state index >= 15 is 0 Å². The lowest BCUT2D eigenvalue weighted by atomic mass is 9.95. The molecule has 0 bridgehead atoms. The first-order chi connectivity index (χ1) is 10.6. The molecule has 2 aliphatic rings. The number of hydrogen-bond donors (Lipinski definition) is 1. The predicted octanol–water partition coefficient (Wildman–Crippen LogP) is 2.49. The van der Waals surface area contributed by atoms with Gasteiger partial charge >= 0.3 is 0 Å². The van der Waals surface area contributed by atoms with E-state index in [1.54, 1.807) is 18.2 Å². The Morgan fingerprint density at radius 2 is 1.82 bits per heavy atom. The average molecular weight is 365 g/mol. The number of nitrogens with zero attached hydrogens (tertiary/aromatic N) is 1. The minimum atomic E-state index is -0.403. The molecule has 1 aromatic rings. The Labute approximate surface area is 137 Å². The fourth-order valence-electron chi connectivity index (χ4n) is 3.07. The van der Waals surface area contributed by atoms with Crippen molar-refractivity contribution in [3.8, 4) is 0 Å². The Morgan fingerprint density at radius 1 is 1.14 bits per heavy atom. The molecule has 1 aromatic carbocycles. The van der Waals surface area contributed by atoms with Crippen LogP contribution in [-0.2, 0) is 4.79 Å². The molecule has 3 amide bonds. The van der Waals surface area contributed by atoms with Crippen molar-refractivity contribution in [2.24, 2.45) is 0 Å². The van der Waals surface area contributed by atoms with Crippen LogP contribution in [0.25, 0.3) is 0 Å². The van der Waals surface area contributed by atoms with Gasteiger partial charge in [-0.1, -0.05) is 35.2 Å². The van der Waals surface area contributed by atoms with Gasteiger partial charge in [0.2, 0.25) is 5.91 Å². The van der Waals surface area contributed by atoms with Gasteiger partial charge in [0.1, 0.15) is 6.54 Å². The summed E-state index contributed by atoms with van der Waals surface area (Å²) in [4.78, 5) is 37.7. The van der Waals surface area contributed by atoms with Crippen LogP contribution in [0.4, 0.5) is 0 Å². The summed E-state index contributed by atoms with van der Waals surface area (Å²) >= 11 is 3.29. The van der Waals surface area contributed by atoms with E-state index in [0.717, 1.165) is 35.1 Å². The van der Waals surface area contributed by atoms with Crippen LogP contribution in [0.5, 0.6) is 0 Å². The van der Waals surface area contributed by atoms with Gasteiger partial charge in [0.15, 0.2) is 0 Å². The predicted molar refractivity (Wildman–Crippen MR) is 84.5 cm³/mol. The molecule has 0 radical (unpaired) electrons. The van der Waals surface area contributed by atoms with Crippen LogP contribution < -0.4 is 5.32 Å². The first kappa shape index (κ1) is 15.2. The number of fused-ring (bicyclic) bond motifs is 1. The van der Waals surface area contributed by atoms with Crippen molar-refractivity contribution in [2.45, 2.75) is 38.1 Å². The van der Waals surface area contributed by atoms with Gasteiger partial charge in [0.05, 0.1) is 11.1 Å². The summed E-state index contributed by atoms with van der Waals surface area (Å²) in [7, 11) is 0. The van der Waals surface area contributed by atoms with E-state index in [2.05, 4.69) is 21.2 Å². The molecule has 1 heterocycles. The van der Waals surface area contributed by atoms with E-state index in [4.69, 9.17) is 0 Å². The molecule has 0 aromatic heterocycles. The Kier molecular flexibility index (Phi) is 4.29. The quantitative estimate of drug-likeness (QED) is 0.837. The van der Waals surface area contributed by atoms with Gasteiger partial charge in [-0.05, 0) is 31.0 Å². The van der Waals surface area contributed by atoms with Gasteiger partial charge in [0, 0.05) is 10.5 Å². The van der Waals surface area contributed by atoms with Crippen molar-refractivity contribution in [2.75, 3.05) is 6.54 Å². The maximum absolute atomic E-state index is 12.3. The molecule has 1 N–H and O–H groups in total. The summed E-state index contributed by atoms with van der Waals surface area (Å²) in [5.41, 5.74) is 0.712. The van der Waals surface area contributed by atoms with E-state index in [9.17, 15) is 14.4 Å². The van der Waals surface area contributed by atoms with E-state index < -0.39 is 11.8 Å². The highest BCUT2D eigenvalue weighted by Crippen LogP contribution is 2.26. The topological polar surface area (TPSA) is 66.5 Å². The molecule has 6 heteroatoms. The summed E-state index contributed by atoms with van der Waals surface area (Å²) in [6, 6.07) is 5.12. The molecule has 1 saturated carbocycles. The molecular formula is C16H17BrN2O3. The van der Waals surface area contributed by atoms with Gasteiger partial charge in [-0.3, -0.25) is 19.3 Å². The Bertz CT molecular complexity index is 638. The average Bonchev–Trinajstić information content (AvgIpc) is 2.73. The molecule has 0 spiro atoms. The summed E-state index contributed by atoms with van der Waals surface area (Å²) in [6.07, 6.45) is 5.39. The Balaban J connectivity index is 1.67. The van der Waals surface area contributed by atoms with Crippen LogP contribution in [0.15, 0.2) is 22.7 Å². The number of benzene rings is 1. The molecule has 0 atom stereocenters. The standard InChI is InChI=1S/C16H17BrN2O3/c17-10-6-7-12-13(8-10)16(22)19(15(12)21)9-14(20)18-11-4-2-1-3-5-11/h6-8,11H,1-5,9H2,(H,18,20). The lowest BCUT2D eigenvalue weighted by Gasteiger charge is -2.23. The Morgan fingerprint density at radius 3 is 2.55 bits per heavy atom. The van der Waals surface area contributed by atoms with Crippen molar-refractivity contribution in [3.05, 3.63) is 33.8 Å². The molecule has 3 rings (SSSR count). The number of imide groups is 1. The molecular weight excluding hydrogens is 348 g/mol. The first-order valence-electron chi connectivity index (χ1n) is 7.51. The highest BCUT2D eigenvalue weighted by atomic mass is 79.9. The third-order valence-electron chi connectivity index (χ3n) is 4.20. The van der Waals surface area contributed by atoms with Gasteiger partial charge in [-0.2, -0.15) is 0 Å². The molecule has 1 fully saturated rings. The third-order valence-corrected chi connectivity index (χ3v) is 4.70. The van der Waals surface area contributed by atoms with Gasteiger partial charge in [-0.25, -0.2) is 0 Å². The van der Waals surface area contributed by atoms with Crippen molar-refractivity contribution < 1.29 is 14.4 Å². The van der Waals surface area contributed by atoms with Crippen LogP contribution in [0, 0.1) is 0 Å². The number of carbonyl (C=O) groups excluding carboxylic acids is 3. The second-order valence-electron chi connectivity index (χ2n) is 5.79. The zero-order valence-corrected chi connectivity index (χ0v) is 13.7. The lowest BCUT2D eigenvalue weighted by Crippen LogP contribution is -2.44.